The van der Waals surface area contributed by atoms with Crippen LogP contribution in [0.2, 0.25) is 0 Å². The molecule has 48 heavy (non-hydrogen) atoms. The Balaban J connectivity index is 1.51. The van der Waals surface area contributed by atoms with Crippen molar-refractivity contribution in [2.45, 2.75) is 57.1 Å². The number of rotatable bonds is 9. The van der Waals surface area contributed by atoms with E-state index in [1.54, 1.807) is 72.8 Å². The predicted molar refractivity (Wildman–Crippen MR) is 180 cm³/mol. The smallest absolute Gasteiger partial charge is 0.338 e. The third-order valence-corrected chi connectivity index (χ3v) is 8.44. The van der Waals surface area contributed by atoms with Crippen molar-refractivity contribution in [2.24, 2.45) is 0 Å². The highest BCUT2D eigenvalue weighted by atomic mass is 79.9. The van der Waals surface area contributed by atoms with Crippen LogP contribution in [0.25, 0.3) is 0 Å². The predicted octanol–water partition coefficient (Wildman–Crippen LogP) is 6.87. The van der Waals surface area contributed by atoms with Gasteiger partial charge in [0.2, 0.25) is 0 Å². The van der Waals surface area contributed by atoms with Crippen molar-refractivity contribution in [3.05, 3.63) is 142 Å². The maximum Gasteiger partial charge on any atom is 0.338 e. The number of carbonyl (C=O) groups excluding carboxylic acids is 4. The van der Waals surface area contributed by atoms with Gasteiger partial charge in [-0.05, 0) is 76.2 Å². The second kappa shape index (κ2) is 15.4. The zero-order valence-corrected chi connectivity index (χ0v) is 28.5. The zero-order valence-electron chi connectivity index (χ0n) is 26.9. The van der Waals surface area contributed by atoms with Gasteiger partial charge in [-0.25, -0.2) is 19.2 Å². The first-order chi connectivity index (χ1) is 23.0. The molecule has 0 bridgehead atoms. The molecular formula is C38H35BrO9. The van der Waals surface area contributed by atoms with Crippen LogP contribution in [0.15, 0.2) is 97.1 Å². The van der Waals surface area contributed by atoms with Gasteiger partial charge in [0.05, 0.1) is 22.3 Å². The van der Waals surface area contributed by atoms with Gasteiger partial charge in [-0.1, -0.05) is 86.7 Å². The Bertz CT molecular complexity index is 1820. The highest BCUT2D eigenvalue weighted by molar-refractivity contribution is 9.09. The van der Waals surface area contributed by atoms with Crippen LogP contribution in [0.5, 0.6) is 0 Å². The van der Waals surface area contributed by atoms with Gasteiger partial charge < -0.3 is 23.7 Å². The van der Waals surface area contributed by atoms with Gasteiger partial charge in [0.15, 0.2) is 23.3 Å². The summed E-state index contributed by atoms with van der Waals surface area (Å²) in [7, 11) is 0. The van der Waals surface area contributed by atoms with Crippen molar-refractivity contribution in [2.75, 3.05) is 6.61 Å². The van der Waals surface area contributed by atoms with E-state index in [1.807, 2.05) is 52.0 Å². The van der Waals surface area contributed by atoms with Crippen LogP contribution in [0.1, 0.15) is 63.7 Å². The van der Waals surface area contributed by atoms with Crippen LogP contribution < -0.4 is 0 Å². The summed E-state index contributed by atoms with van der Waals surface area (Å²) in [4.78, 5) is 53.6. The number of alkyl halides is 1. The number of carbonyl (C=O) groups is 4. The van der Waals surface area contributed by atoms with Crippen molar-refractivity contribution < 1.29 is 42.9 Å². The van der Waals surface area contributed by atoms with Crippen molar-refractivity contribution in [1.29, 1.82) is 0 Å². The highest BCUT2D eigenvalue weighted by Gasteiger charge is 2.52. The quantitative estimate of drug-likeness (QED) is 0.104. The summed E-state index contributed by atoms with van der Waals surface area (Å²) in [5.41, 5.74) is 4.41. The van der Waals surface area contributed by atoms with E-state index in [9.17, 15) is 19.2 Å². The van der Waals surface area contributed by atoms with Gasteiger partial charge in [-0.2, -0.15) is 0 Å². The molecule has 1 heterocycles. The molecule has 0 amide bonds. The Morgan fingerprint density at radius 2 is 0.896 bits per heavy atom. The van der Waals surface area contributed by atoms with Gasteiger partial charge in [0.1, 0.15) is 12.7 Å². The van der Waals surface area contributed by atoms with Crippen LogP contribution in [0.4, 0.5) is 0 Å². The summed E-state index contributed by atoms with van der Waals surface area (Å²) in [6.07, 6.45) is -5.19. The van der Waals surface area contributed by atoms with Gasteiger partial charge in [0.25, 0.3) is 0 Å². The lowest BCUT2D eigenvalue weighted by atomic mass is 9.98. The van der Waals surface area contributed by atoms with Crippen LogP contribution in [-0.2, 0) is 23.7 Å². The van der Waals surface area contributed by atoms with Crippen LogP contribution in [-0.4, -0.2) is 59.9 Å². The lowest BCUT2D eigenvalue weighted by Gasteiger charge is -2.43. The molecule has 248 valence electrons. The molecule has 9 nitrogen and oxygen atoms in total. The van der Waals surface area contributed by atoms with Gasteiger partial charge in [-0.15, -0.1) is 0 Å². The van der Waals surface area contributed by atoms with E-state index in [-0.39, 0.29) is 23.3 Å². The normalized spacial score (nSPS) is 20.3. The topological polar surface area (TPSA) is 114 Å². The molecule has 4 aromatic carbocycles. The summed E-state index contributed by atoms with van der Waals surface area (Å²) in [5.74, 6) is -2.82. The number of esters is 4. The van der Waals surface area contributed by atoms with Gasteiger partial charge in [-0.3, -0.25) is 0 Å². The second-order valence-electron chi connectivity index (χ2n) is 11.7. The van der Waals surface area contributed by atoms with Crippen LogP contribution in [0.3, 0.4) is 0 Å². The number of halogens is 1. The van der Waals surface area contributed by atoms with E-state index >= 15 is 0 Å². The lowest BCUT2D eigenvalue weighted by Crippen LogP contribution is -2.61. The average molecular weight is 716 g/mol. The summed E-state index contributed by atoms with van der Waals surface area (Å²) in [6, 6.07) is 27.2. The minimum atomic E-state index is -1.39. The third-order valence-electron chi connectivity index (χ3n) is 7.70. The Labute approximate surface area is 287 Å². The number of aryl methyl sites for hydroxylation is 4. The number of benzene rings is 4. The molecule has 0 aliphatic carbocycles. The zero-order chi connectivity index (χ0) is 34.4. The maximum atomic E-state index is 13.6. The first-order valence-electron chi connectivity index (χ1n) is 15.3. The molecule has 0 spiro atoms. The molecule has 1 saturated heterocycles. The molecule has 0 N–H and O–H groups in total. The van der Waals surface area contributed by atoms with Crippen molar-refractivity contribution in [3.8, 4) is 0 Å². The average Bonchev–Trinajstić information content (AvgIpc) is 3.06. The fourth-order valence-electron chi connectivity index (χ4n) is 5.31. The van der Waals surface area contributed by atoms with Crippen molar-refractivity contribution in [3.63, 3.8) is 0 Å². The first kappa shape index (κ1) is 34.5. The summed E-state index contributed by atoms with van der Waals surface area (Å²) >= 11 is 3.45. The second-order valence-corrected chi connectivity index (χ2v) is 12.6. The van der Waals surface area contributed by atoms with E-state index in [2.05, 4.69) is 15.9 Å². The van der Waals surface area contributed by atoms with E-state index in [0.717, 1.165) is 22.3 Å². The highest BCUT2D eigenvalue weighted by Crippen LogP contribution is 2.33. The van der Waals surface area contributed by atoms with E-state index < -0.39 is 53.3 Å². The van der Waals surface area contributed by atoms with Crippen molar-refractivity contribution in [1.82, 2.24) is 0 Å². The number of hydrogen-bond donors (Lipinski definition) is 0. The van der Waals surface area contributed by atoms with E-state index in [1.165, 1.54) is 0 Å². The van der Waals surface area contributed by atoms with Gasteiger partial charge in [0, 0.05) is 0 Å². The van der Waals surface area contributed by atoms with Crippen LogP contribution in [0, 0.1) is 27.7 Å². The summed E-state index contributed by atoms with van der Waals surface area (Å²) in [6.45, 7) is 6.97. The first-order valence-corrected chi connectivity index (χ1v) is 16.3. The Morgan fingerprint density at radius 1 is 0.542 bits per heavy atom. The van der Waals surface area contributed by atoms with Crippen LogP contribution >= 0.6 is 15.9 Å². The molecule has 5 atom stereocenters. The standard InChI is InChI=1S/C38H35BrO9/c1-22-9-5-13-26(17-22)35(40)44-21-30-31(46-36(41)27-14-6-10-23(2)18-27)32(47-37(42)28-15-7-11-24(3)19-28)33(34(39)45-30)48-38(43)29-16-8-12-25(4)20-29/h5-20,30-34H,21H2,1-4H3/t30-,31-,32+,33-,34+/m1/s1. The largest absolute Gasteiger partial charge is 0.459 e. The SMILES string of the molecule is Cc1cccc(C(=O)OC[C@H]2O[C@H](Br)[C@H](OC(=O)c3cccc(C)c3)[C@@H](OC(=O)c3cccc(C)c3)[C@@H]2OC(=O)c2cccc(C)c2)c1. The van der Waals surface area contributed by atoms with Gasteiger partial charge >= 0.3 is 23.9 Å². The van der Waals surface area contributed by atoms with Crippen molar-refractivity contribution >= 4 is 39.8 Å². The molecule has 10 heteroatoms. The Morgan fingerprint density at radius 3 is 1.29 bits per heavy atom. The molecule has 5 rings (SSSR count). The Hall–Kier alpha value is -4.80. The monoisotopic (exact) mass is 714 g/mol. The Kier molecular flexibility index (Phi) is 11.1. The number of ether oxygens (including phenoxy) is 5. The molecule has 0 saturated carbocycles. The molecular weight excluding hydrogens is 680 g/mol. The minimum absolute atomic E-state index is 0.238. The fraction of sp³-hybridized carbons (Fsp3) is 0.263. The molecule has 1 fully saturated rings. The summed E-state index contributed by atoms with van der Waals surface area (Å²) in [5, 5.41) is -1.06. The lowest BCUT2D eigenvalue weighted by molar-refractivity contribution is -0.205. The minimum Gasteiger partial charge on any atom is -0.459 e. The molecule has 1 aliphatic heterocycles. The summed E-state index contributed by atoms with van der Waals surface area (Å²) < 4.78 is 29.8. The third kappa shape index (κ3) is 8.56. The van der Waals surface area contributed by atoms with E-state index in [0.29, 0.717) is 5.56 Å². The molecule has 0 unspecified atom stereocenters. The maximum absolute atomic E-state index is 13.6. The molecule has 1 aliphatic rings. The van der Waals surface area contributed by atoms with E-state index in [4.69, 9.17) is 23.7 Å². The molecule has 4 aromatic rings. The molecule has 0 radical (unpaired) electrons. The number of hydrogen-bond acceptors (Lipinski definition) is 9. The fourth-order valence-corrected chi connectivity index (χ4v) is 5.99. The molecule has 0 aromatic heterocycles.